The number of hydrogen-bond acceptors (Lipinski definition) is 5. The van der Waals surface area contributed by atoms with Crippen molar-refractivity contribution < 1.29 is 24.3 Å². The van der Waals surface area contributed by atoms with Crippen LogP contribution in [0.25, 0.3) is 0 Å². The lowest BCUT2D eigenvalue weighted by atomic mass is 10.3. The Hall–Kier alpha value is -2.16. The third-order valence-electron chi connectivity index (χ3n) is 1.68. The van der Waals surface area contributed by atoms with Gasteiger partial charge in [0.15, 0.2) is 0 Å². The molecule has 0 heterocycles. The van der Waals surface area contributed by atoms with E-state index in [-0.39, 0.29) is 19.6 Å². The van der Waals surface area contributed by atoms with Crippen LogP contribution in [0, 0.1) is 0 Å². The molecule has 17 heavy (non-hydrogen) atoms. The van der Waals surface area contributed by atoms with Gasteiger partial charge >= 0.3 is 5.97 Å². The zero-order valence-electron chi connectivity index (χ0n) is 8.93. The number of rotatable bonds is 9. The van der Waals surface area contributed by atoms with Crippen LogP contribution in [0.5, 0.6) is 0 Å². The molecular formula is C8H14N4O5. The smallest absolute Gasteiger partial charge is 0.317 e. The van der Waals surface area contributed by atoms with Crippen LogP contribution in [-0.4, -0.2) is 55.0 Å². The van der Waals surface area contributed by atoms with Crippen molar-refractivity contribution >= 4 is 24.2 Å². The Labute approximate surface area is 96.7 Å². The van der Waals surface area contributed by atoms with E-state index in [2.05, 4.69) is 16.0 Å². The fourth-order valence-electron chi connectivity index (χ4n) is 0.885. The lowest BCUT2D eigenvalue weighted by molar-refractivity contribution is -0.136. The van der Waals surface area contributed by atoms with E-state index in [0.717, 1.165) is 0 Å². The van der Waals surface area contributed by atoms with Gasteiger partial charge in [-0.3, -0.25) is 24.5 Å². The van der Waals surface area contributed by atoms with Crippen LogP contribution in [0.15, 0.2) is 0 Å². The number of carbonyl (C=O) groups is 4. The maximum Gasteiger partial charge on any atom is 0.317 e. The molecule has 6 N–H and O–H groups in total. The van der Waals surface area contributed by atoms with Crippen molar-refractivity contribution in [2.45, 2.75) is 6.04 Å². The zero-order chi connectivity index (χ0) is 13.3. The van der Waals surface area contributed by atoms with E-state index in [1.807, 2.05) is 0 Å². The molecule has 0 radical (unpaired) electrons. The Kier molecular flexibility index (Phi) is 7.02. The molecule has 0 aromatic carbocycles. The van der Waals surface area contributed by atoms with Gasteiger partial charge in [0.05, 0.1) is 13.1 Å². The van der Waals surface area contributed by atoms with Gasteiger partial charge in [-0.2, -0.15) is 0 Å². The van der Waals surface area contributed by atoms with Gasteiger partial charge in [-0.15, -0.1) is 0 Å². The first kappa shape index (κ1) is 14.8. The molecule has 0 aromatic rings. The fraction of sp³-hybridized carbons (Fsp3) is 0.500. The van der Waals surface area contributed by atoms with Crippen LogP contribution in [0.4, 0.5) is 0 Å². The highest BCUT2D eigenvalue weighted by Crippen LogP contribution is 1.78. The number of aliphatic carboxylic acids is 1. The third-order valence-corrected chi connectivity index (χ3v) is 1.68. The Morgan fingerprint density at radius 2 is 1.94 bits per heavy atom. The second kappa shape index (κ2) is 8.05. The molecule has 0 saturated heterocycles. The quantitative estimate of drug-likeness (QED) is 0.265. The number of carbonyl (C=O) groups excluding carboxylic acids is 3. The van der Waals surface area contributed by atoms with Crippen molar-refractivity contribution in [1.82, 2.24) is 16.0 Å². The summed E-state index contributed by atoms with van der Waals surface area (Å²) in [5.41, 5.74) is 4.94. The normalized spacial score (nSPS) is 11.3. The Morgan fingerprint density at radius 3 is 2.41 bits per heavy atom. The van der Waals surface area contributed by atoms with Gasteiger partial charge < -0.3 is 21.5 Å². The highest BCUT2D eigenvalue weighted by molar-refractivity contribution is 5.84. The second-order valence-corrected chi connectivity index (χ2v) is 3.04. The summed E-state index contributed by atoms with van der Waals surface area (Å²) in [6.07, 6.45) is 0.296. The standard InChI is InChI=1S/C8H14N4O5/c9-8(17)5(12-4-13)1-11-6(14)2-10-3-7(15)16/h4-5,10H,1-3H2,(H2,9,17)(H,11,14)(H,12,13)(H,15,16). The zero-order valence-corrected chi connectivity index (χ0v) is 8.93. The molecule has 0 spiro atoms. The Balaban J connectivity index is 3.84. The summed E-state index contributed by atoms with van der Waals surface area (Å²) in [5.74, 6) is -2.38. The second-order valence-electron chi connectivity index (χ2n) is 3.04. The molecular weight excluding hydrogens is 232 g/mol. The van der Waals surface area contributed by atoms with Gasteiger partial charge in [0.2, 0.25) is 18.2 Å². The van der Waals surface area contributed by atoms with Crippen molar-refractivity contribution in [1.29, 1.82) is 0 Å². The average Bonchev–Trinajstić information content (AvgIpc) is 2.23. The molecule has 1 unspecified atom stereocenters. The Bertz CT molecular complexity index is 306. The van der Waals surface area contributed by atoms with Crippen molar-refractivity contribution in [3.63, 3.8) is 0 Å². The summed E-state index contributed by atoms with van der Waals surface area (Å²) in [6, 6.07) is -0.990. The van der Waals surface area contributed by atoms with Crippen molar-refractivity contribution in [3.8, 4) is 0 Å². The summed E-state index contributed by atoms with van der Waals surface area (Å²) in [5, 5.41) is 15.1. The van der Waals surface area contributed by atoms with E-state index in [4.69, 9.17) is 10.8 Å². The minimum Gasteiger partial charge on any atom is -0.480 e. The first-order valence-electron chi connectivity index (χ1n) is 4.65. The van der Waals surface area contributed by atoms with Crippen LogP contribution >= 0.6 is 0 Å². The van der Waals surface area contributed by atoms with Gasteiger partial charge in [-0.05, 0) is 0 Å². The minimum atomic E-state index is -1.09. The number of hydrogen-bond donors (Lipinski definition) is 5. The molecule has 3 amide bonds. The maximum atomic E-state index is 11.1. The van der Waals surface area contributed by atoms with Gasteiger partial charge in [0.1, 0.15) is 6.04 Å². The van der Waals surface area contributed by atoms with E-state index < -0.39 is 23.8 Å². The molecule has 0 bridgehead atoms. The number of primary amides is 1. The molecule has 0 aliphatic heterocycles. The summed E-state index contributed by atoms with van der Waals surface area (Å²) in [4.78, 5) is 42.1. The predicted molar refractivity (Wildman–Crippen MR) is 55.7 cm³/mol. The average molecular weight is 246 g/mol. The Morgan fingerprint density at radius 1 is 1.29 bits per heavy atom. The molecule has 9 nitrogen and oxygen atoms in total. The minimum absolute atomic E-state index is 0.151. The monoisotopic (exact) mass is 246 g/mol. The third kappa shape index (κ3) is 7.73. The summed E-state index contributed by atoms with van der Waals surface area (Å²) >= 11 is 0. The first-order chi connectivity index (χ1) is 7.97. The number of nitrogens with one attached hydrogen (secondary N) is 3. The first-order valence-corrected chi connectivity index (χ1v) is 4.65. The number of carboxylic acids is 1. The van der Waals surface area contributed by atoms with Crippen LogP contribution in [0.1, 0.15) is 0 Å². The van der Waals surface area contributed by atoms with Crippen LogP contribution in [-0.2, 0) is 19.2 Å². The molecule has 0 aromatic heterocycles. The van der Waals surface area contributed by atoms with E-state index >= 15 is 0 Å². The van der Waals surface area contributed by atoms with E-state index in [1.165, 1.54) is 0 Å². The summed E-state index contributed by atoms with van der Waals surface area (Å²) in [7, 11) is 0. The van der Waals surface area contributed by atoms with Crippen molar-refractivity contribution in [2.24, 2.45) is 5.73 Å². The number of amides is 3. The van der Waals surface area contributed by atoms with Gasteiger partial charge in [-0.25, -0.2) is 0 Å². The molecule has 0 aliphatic rings. The lowest BCUT2D eigenvalue weighted by Gasteiger charge is -2.13. The van der Waals surface area contributed by atoms with E-state index in [0.29, 0.717) is 6.41 Å². The molecule has 96 valence electrons. The van der Waals surface area contributed by atoms with E-state index in [1.54, 1.807) is 0 Å². The molecule has 0 fully saturated rings. The van der Waals surface area contributed by atoms with Crippen molar-refractivity contribution in [2.75, 3.05) is 19.6 Å². The largest absolute Gasteiger partial charge is 0.480 e. The lowest BCUT2D eigenvalue weighted by Crippen LogP contribution is -2.49. The van der Waals surface area contributed by atoms with Crippen molar-refractivity contribution in [3.05, 3.63) is 0 Å². The number of nitrogens with two attached hydrogens (primary N) is 1. The van der Waals surface area contributed by atoms with Gasteiger partial charge in [-0.1, -0.05) is 0 Å². The molecule has 9 heteroatoms. The van der Waals surface area contributed by atoms with Gasteiger partial charge in [0.25, 0.3) is 0 Å². The highest BCUT2D eigenvalue weighted by atomic mass is 16.4. The highest BCUT2D eigenvalue weighted by Gasteiger charge is 2.14. The van der Waals surface area contributed by atoms with E-state index in [9.17, 15) is 19.2 Å². The van der Waals surface area contributed by atoms with Gasteiger partial charge in [0, 0.05) is 6.54 Å². The maximum absolute atomic E-state index is 11.1. The van der Waals surface area contributed by atoms with Crippen LogP contribution in [0.3, 0.4) is 0 Å². The molecule has 1 atom stereocenters. The predicted octanol–water partition coefficient (Wildman–Crippen LogP) is -3.62. The summed E-state index contributed by atoms with van der Waals surface area (Å²) in [6.45, 7) is -0.709. The topological polar surface area (TPSA) is 151 Å². The van der Waals surface area contributed by atoms with Crippen LogP contribution < -0.4 is 21.7 Å². The fourth-order valence-corrected chi connectivity index (χ4v) is 0.885. The van der Waals surface area contributed by atoms with Crippen LogP contribution in [0.2, 0.25) is 0 Å². The molecule has 0 saturated carbocycles. The molecule has 0 aliphatic carbocycles. The number of carboxylic acid groups (broad SMARTS) is 1. The SMILES string of the molecule is NC(=O)C(CNC(=O)CNCC(=O)O)NC=O. The summed E-state index contributed by atoms with van der Waals surface area (Å²) < 4.78 is 0. The molecule has 0 rings (SSSR count).